The molecule has 0 unspecified atom stereocenters. The Kier molecular flexibility index (Phi) is 2.38. The molecule has 0 aliphatic heterocycles. The Morgan fingerprint density at radius 2 is 2.24 bits per heavy atom. The topological polar surface area (TPSA) is 30.2 Å². The third-order valence-corrected chi connectivity index (χ3v) is 3.49. The lowest BCUT2D eigenvalue weighted by Crippen LogP contribution is -1.82. The van der Waals surface area contributed by atoms with Crippen LogP contribution in [-0.2, 0) is 0 Å². The molecule has 0 radical (unpaired) electrons. The average molecular weight is 268 g/mol. The second-order valence-electron chi connectivity index (χ2n) is 3.60. The number of hydrogen-bond donors (Lipinski definition) is 0. The molecule has 0 amide bonds. The van der Waals surface area contributed by atoms with Crippen LogP contribution in [0.5, 0.6) is 0 Å². The maximum Gasteiger partial charge on any atom is 0.212 e. The van der Waals surface area contributed by atoms with Gasteiger partial charge in [-0.3, -0.25) is 0 Å². The van der Waals surface area contributed by atoms with Crippen molar-refractivity contribution < 1.29 is 4.39 Å². The van der Waals surface area contributed by atoms with E-state index >= 15 is 0 Å². The molecule has 0 N–H and O–H groups in total. The molecular formula is C11H7ClFN3S. The Morgan fingerprint density at radius 1 is 1.41 bits per heavy atom. The summed E-state index contributed by atoms with van der Waals surface area (Å²) in [5.74, 6) is -0.426. The highest BCUT2D eigenvalue weighted by atomic mass is 35.5. The van der Waals surface area contributed by atoms with Crippen molar-refractivity contribution in [3.8, 4) is 11.3 Å². The maximum absolute atomic E-state index is 13.0. The van der Waals surface area contributed by atoms with Gasteiger partial charge in [0.1, 0.15) is 10.8 Å². The minimum absolute atomic E-state index is 0.1000. The molecular weight excluding hydrogens is 261 g/mol. The minimum atomic E-state index is -0.426. The first-order valence-corrected chi connectivity index (χ1v) is 6.11. The normalized spacial score (nSPS) is 11.2. The van der Waals surface area contributed by atoms with Gasteiger partial charge in [0.05, 0.1) is 16.9 Å². The van der Waals surface area contributed by atoms with Gasteiger partial charge < -0.3 is 0 Å². The van der Waals surface area contributed by atoms with Crippen molar-refractivity contribution in [2.75, 3.05) is 0 Å². The first kappa shape index (κ1) is 10.7. The molecule has 2 aromatic heterocycles. The molecule has 1 aromatic carbocycles. The summed E-state index contributed by atoms with van der Waals surface area (Å²) in [6.45, 7) is 1.92. The summed E-state index contributed by atoms with van der Waals surface area (Å²) in [6.07, 6.45) is 1.81. The van der Waals surface area contributed by atoms with Crippen LogP contribution in [0.25, 0.3) is 16.2 Å². The first-order chi connectivity index (χ1) is 8.13. The molecule has 2 heterocycles. The van der Waals surface area contributed by atoms with Crippen molar-refractivity contribution in [1.82, 2.24) is 14.6 Å². The number of halogens is 2. The van der Waals surface area contributed by atoms with Crippen molar-refractivity contribution in [2.45, 2.75) is 6.92 Å². The highest BCUT2D eigenvalue weighted by Gasteiger charge is 2.09. The summed E-state index contributed by atoms with van der Waals surface area (Å²) in [5, 5.41) is 5.32. The zero-order chi connectivity index (χ0) is 12.0. The van der Waals surface area contributed by atoms with Gasteiger partial charge in [-0.15, -0.1) is 0 Å². The van der Waals surface area contributed by atoms with Crippen LogP contribution in [0.4, 0.5) is 4.39 Å². The minimum Gasteiger partial charge on any atom is -0.217 e. The maximum atomic E-state index is 13.0. The third-order valence-electron chi connectivity index (χ3n) is 2.36. The molecule has 3 rings (SSSR count). The fraction of sp³-hybridized carbons (Fsp3) is 0.0909. The highest BCUT2D eigenvalue weighted by molar-refractivity contribution is 7.16. The monoisotopic (exact) mass is 267 g/mol. The van der Waals surface area contributed by atoms with E-state index in [-0.39, 0.29) is 5.02 Å². The largest absolute Gasteiger partial charge is 0.217 e. The van der Waals surface area contributed by atoms with E-state index in [1.165, 1.54) is 17.4 Å². The van der Waals surface area contributed by atoms with E-state index in [0.29, 0.717) is 0 Å². The second-order valence-corrected chi connectivity index (χ2v) is 5.17. The number of benzene rings is 1. The number of imidazole rings is 1. The zero-order valence-corrected chi connectivity index (χ0v) is 10.4. The van der Waals surface area contributed by atoms with Crippen molar-refractivity contribution >= 4 is 27.9 Å². The third kappa shape index (κ3) is 1.81. The Labute approximate surface area is 105 Å². The fourth-order valence-electron chi connectivity index (χ4n) is 1.59. The Morgan fingerprint density at radius 3 is 2.94 bits per heavy atom. The first-order valence-electron chi connectivity index (χ1n) is 4.92. The number of hydrogen-bond acceptors (Lipinski definition) is 3. The molecule has 0 spiro atoms. The quantitative estimate of drug-likeness (QED) is 0.675. The molecule has 3 aromatic rings. The lowest BCUT2D eigenvalue weighted by Gasteiger charge is -1.97. The van der Waals surface area contributed by atoms with Crippen LogP contribution < -0.4 is 0 Å². The van der Waals surface area contributed by atoms with Crippen LogP contribution in [0.2, 0.25) is 5.02 Å². The predicted octanol–water partition coefficient (Wildman–Crippen LogP) is 3.56. The Hall–Kier alpha value is -1.46. The summed E-state index contributed by atoms with van der Waals surface area (Å²) in [7, 11) is 0. The van der Waals surface area contributed by atoms with Crippen molar-refractivity contribution in [1.29, 1.82) is 0 Å². The zero-order valence-electron chi connectivity index (χ0n) is 8.82. The van der Waals surface area contributed by atoms with Crippen LogP contribution in [0.15, 0.2) is 24.4 Å². The molecule has 6 heteroatoms. The van der Waals surface area contributed by atoms with Gasteiger partial charge in [-0.1, -0.05) is 22.9 Å². The van der Waals surface area contributed by atoms with E-state index < -0.39 is 5.82 Å². The van der Waals surface area contributed by atoms with Gasteiger partial charge in [0.2, 0.25) is 4.96 Å². The molecule has 17 heavy (non-hydrogen) atoms. The average Bonchev–Trinajstić information content (AvgIpc) is 2.79. The molecule has 0 bridgehead atoms. The van der Waals surface area contributed by atoms with E-state index in [1.807, 2.05) is 13.1 Å². The van der Waals surface area contributed by atoms with Crippen LogP contribution in [0, 0.1) is 12.7 Å². The summed E-state index contributed by atoms with van der Waals surface area (Å²) >= 11 is 7.25. The molecule has 0 aliphatic rings. The fourth-order valence-corrected chi connectivity index (χ4v) is 2.50. The number of aryl methyl sites for hydroxylation is 1. The summed E-state index contributed by atoms with van der Waals surface area (Å²) < 4.78 is 14.8. The van der Waals surface area contributed by atoms with Crippen LogP contribution >= 0.6 is 22.9 Å². The van der Waals surface area contributed by atoms with Crippen LogP contribution in [0.1, 0.15) is 5.01 Å². The summed E-state index contributed by atoms with van der Waals surface area (Å²) in [5.41, 5.74) is 1.53. The van der Waals surface area contributed by atoms with Gasteiger partial charge in [-0.25, -0.2) is 13.9 Å². The van der Waals surface area contributed by atoms with E-state index in [9.17, 15) is 4.39 Å². The SMILES string of the molecule is Cc1nn2cc(-c3ccc(F)c(Cl)c3)nc2s1. The predicted molar refractivity (Wildman–Crippen MR) is 66.0 cm³/mol. The molecule has 0 saturated carbocycles. The Balaban J connectivity index is 2.13. The van der Waals surface area contributed by atoms with Gasteiger partial charge >= 0.3 is 0 Å². The van der Waals surface area contributed by atoms with Crippen molar-refractivity contribution in [3.05, 3.63) is 40.2 Å². The molecule has 3 nitrogen and oxygen atoms in total. The summed E-state index contributed by atoms with van der Waals surface area (Å²) in [4.78, 5) is 5.23. The molecule has 86 valence electrons. The number of aromatic nitrogens is 3. The van der Waals surface area contributed by atoms with Gasteiger partial charge in [0, 0.05) is 5.56 Å². The van der Waals surface area contributed by atoms with E-state index in [4.69, 9.17) is 11.6 Å². The molecule has 0 atom stereocenters. The smallest absolute Gasteiger partial charge is 0.212 e. The highest BCUT2D eigenvalue weighted by Crippen LogP contribution is 2.25. The van der Waals surface area contributed by atoms with Crippen molar-refractivity contribution in [2.24, 2.45) is 0 Å². The molecule has 0 fully saturated rings. The Bertz CT molecular complexity index is 672. The second kappa shape index (κ2) is 3.78. The number of nitrogens with zero attached hydrogens (tertiary/aromatic N) is 3. The van der Waals surface area contributed by atoms with Crippen molar-refractivity contribution in [3.63, 3.8) is 0 Å². The number of rotatable bonds is 1. The van der Waals surface area contributed by atoms with E-state index in [0.717, 1.165) is 21.2 Å². The molecule has 0 saturated heterocycles. The lowest BCUT2D eigenvalue weighted by molar-refractivity contribution is 0.628. The van der Waals surface area contributed by atoms with E-state index in [2.05, 4.69) is 10.1 Å². The molecule has 0 aliphatic carbocycles. The standard InChI is InChI=1S/C11H7ClFN3S/c1-6-15-16-5-10(14-11(16)17-6)7-2-3-9(13)8(12)4-7/h2-5H,1H3. The van der Waals surface area contributed by atoms with Crippen LogP contribution in [-0.4, -0.2) is 14.6 Å². The summed E-state index contributed by atoms with van der Waals surface area (Å²) in [6, 6.07) is 4.56. The van der Waals surface area contributed by atoms with Gasteiger partial charge in [0.25, 0.3) is 0 Å². The van der Waals surface area contributed by atoms with E-state index in [1.54, 1.807) is 16.6 Å². The van der Waals surface area contributed by atoms with Crippen LogP contribution in [0.3, 0.4) is 0 Å². The lowest BCUT2D eigenvalue weighted by atomic mass is 10.2. The number of fused-ring (bicyclic) bond motifs is 1. The van der Waals surface area contributed by atoms with Gasteiger partial charge in [0.15, 0.2) is 0 Å². The van der Waals surface area contributed by atoms with Gasteiger partial charge in [-0.2, -0.15) is 5.10 Å². The van der Waals surface area contributed by atoms with Gasteiger partial charge in [-0.05, 0) is 25.1 Å².